The number of nitrogens with zero attached hydrogens (tertiary/aromatic N) is 4. The van der Waals surface area contributed by atoms with Crippen LogP contribution < -0.4 is 4.90 Å². The number of benzene rings is 2. The van der Waals surface area contributed by atoms with Gasteiger partial charge in [-0.3, -0.25) is 0 Å². The predicted octanol–water partition coefficient (Wildman–Crippen LogP) is 4.18. The van der Waals surface area contributed by atoms with Gasteiger partial charge in [0.15, 0.2) is 0 Å². The maximum absolute atomic E-state index is 5.94. The quantitative estimate of drug-likeness (QED) is 0.631. The predicted molar refractivity (Wildman–Crippen MR) is 122 cm³/mol. The highest BCUT2D eigenvalue weighted by molar-refractivity contribution is 5.98. The number of pyridine rings is 1. The zero-order valence-corrected chi connectivity index (χ0v) is 17.6. The minimum atomic E-state index is -0.0213. The summed E-state index contributed by atoms with van der Waals surface area (Å²) in [6, 6.07) is 24.3. The molecule has 0 bridgehead atoms. The maximum Gasteiger partial charge on any atom is 0.236 e. The third-order valence-corrected chi connectivity index (χ3v) is 5.44. The van der Waals surface area contributed by atoms with Crippen molar-refractivity contribution in [3.8, 4) is 0 Å². The summed E-state index contributed by atoms with van der Waals surface area (Å²) in [6.45, 7) is 1.02. The van der Waals surface area contributed by atoms with Gasteiger partial charge in [-0.2, -0.15) is 0 Å². The number of hydrogen-bond acceptors (Lipinski definition) is 6. The average molecular weight is 412 g/mol. The van der Waals surface area contributed by atoms with E-state index < -0.39 is 0 Å². The lowest BCUT2D eigenvalue weighted by Crippen LogP contribution is -2.15. The van der Waals surface area contributed by atoms with Crippen LogP contribution in [0.25, 0.3) is 0 Å². The molecule has 1 aromatic heterocycles. The molecule has 6 heteroatoms. The van der Waals surface area contributed by atoms with Gasteiger partial charge in [-0.15, -0.1) is 0 Å². The van der Waals surface area contributed by atoms with Crippen LogP contribution in [0.1, 0.15) is 34.6 Å². The molecule has 0 fully saturated rings. The molecule has 0 radical (unpaired) electrons. The fraction of sp³-hybridized carbons (Fsp3) is 0.240. The summed E-state index contributed by atoms with van der Waals surface area (Å²) >= 11 is 0. The van der Waals surface area contributed by atoms with Crippen molar-refractivity contribution in [1.82, 2.24) is 4.98 Å². The molecule has 156 valence electrons. The molecular weight excluding hydrogens is 388 g/mol. The van der Waals surface area contributed by atoms with E-state index in [-0.39, 0.29) is 12.1 Å². The molecule has 0 amide bonds. The second kappa shape index (κ2) is 8.22. The Balaban J connectivity index is 1.48. The molecule has 0 unspecified atom stereocenters. The first-order valence-corrected chi connectivity index (χ1v) is 10.4. The van der Waals surface area contributed by atoms with Crippen LogP contribution in [0.3, 0.4) is 0 Å². The highest BCUT2D eigenvalue weighted by atomic mass is 16.5. The largest absolute Gasteiger partial charge is 0.474 e. The lowest BCUT2D eigenvalue weighted by molar-refractivity contribution is 0.317. The first-order valence-electron chi connectivity index (χ1n) is 10.4. The second-order valence-corrected chi connectivity index (χ2v) is 7.83. The minimum Gasteiger partial charge on any atom is -0.474 e. The van der Waals surface area contributed by atoms with E-state index in [2.05, 4.69) is 24.3 Å². The number of anilines is 1. The number of aromatic nitrogens is 1. The first-order chi connectivity index (χ1) is 15.2. The second-order valence-electron chi connectivity index (χ2n) is 7.83. The van der Waals surface area contributed by atoms with Gasteiger partial charge in [0.1, 0.15) is 36.7 Å². The summed E-state index contributed by atoms with van der Waals surface area (Å²) in [7, 11) is 3.99. The van der Waals surface area contributed by atoms with Crippen LogP contribution in [0, 0.1) is 0 Å². The van der Waals surface area contributed by atoms with Crippen LogP contribution in [0.15, 0.2) is 82.8 Å². The number of aliphatic imine (C=N–C) groups is 2. The average Bonchev–Trinajstić information content (AvgIpc) is 3.50. The maximum atomic E-state index is 5.94. The molecule has 0 aliphatic carbocycles. The molecule has 2 aromatic carbocycles. The van der Waals surface area contributed by atoms with Gasteiger partial charge in [0.25, 0.3) is 0 Å². The van der Waals surface area contributed by atoms with E-state index in [0.29, 0.717) is 36.4 Å². The summed E-state index contributed by atoms with van der Waals surface area (Å²) in [5, 5.41) is 0. The Bertz CT molecular complexity index is 1040. The van der Waals surface area contributed by atoms with Gasteiger partial charge in [-0.1, -0.05) is 60.7 Å². The van der Waals surface area contributed by atoms with Crippen molar-refractivity contribution in [3.05, 3.63) is 95.3 Å². The van der Waals surface area contributed by atoms with Crippen LogP contribution in [-0.2, 0) is 9.47 Å². The van der Waals surface area contributed by atoms with Crippen molar-refractivity contribution in [3.63, 3.8) is 0 Å². The summed E-state index contributed by atoms with van der Waals surface area (Å²) in [5.41, 5.74) is 4.64. The SMILES string of the molecule is CN(C)c1cc(C2=N[C@@H](c3ccccc3)CO2)nc(C2=N[C@@H](c3ccccc3)CO2)c1. The highest BCUT2D eigenvalue weighted by Gasteiger charge is 2.26. The molecule has 6 nitrogen and oxygen atoms in total. The lowest BCUT2D eigenvalue weighted by atomic mass is 10.1. The smallest absolute Gasteiger partial charge is 0.236 e. The fourth-order valence-corrected chi connectivity index (χ4v) is 3.71. The van der Waals surface area contributed by atoms with Gasteiger partial charge in [-0.05, 0) is 23.3 Å². The molecule has 2 aliphatic rings. The van der Waals surface area contributed by atoms with E-state index in [1.54, 1.807) is 0 Å². The Kier molecular flexibility index (Phi) is 5.12. The van der Waals surface area contributed by atoms with Crippen molar-refractivity contribution in [1.29, 1.82) is 0 Å². The highest BCUT2D eigenvalue weighted by Crippen LogP contribution is 2.28. The van der Waals surface area contributed by atoms with E-state index in [4.69, 9.17) is 24.4 Å². The summed E-state index contributed by atoms with van der Waals surface area (Å²) in [6.07, 6.45) is 0. The Morgan fingerprint density at radius 3 is 1.58 bits per heavy atom. The van der Waals surface area contributed by atoms with E-state index in [0.717, 1.165) is 16.8 Å². The van der Waals surface area contributed by atoms with Gasteiger partial charge in [0.05, 0.1) is 0 Å². The molecule has 0 spiro atoms. The molecule has 31 heavy (non-hydrogen) atoms. The van der Waals surface area contributed by atoms with Crippen molar-refractivity contribution >= 4 is 17.5 Å². The zero-order valence-electron chi connectivity index (χ0n) is 17.6. The van der Waals surface area contributed by atoms with Gasteiger partial charge < -0.3 is 14.4 Å². The molecule has 5 rings (SSSR count). The minimum absolute atomic E-state index is 0.0213. The number of ether oxygens (including phenoxy) is 2. The van der Waals surface area contributed by atoms with Crippen molar-refractivity contribution < 1.29 is 9.47 Å². The van der Waals surface area contributed by atoms with E-state index in [1.807, 2.05) is 67.5 Å². The molecule has 2 atom stereocenters. The zero-order chi connectivity index (χ0) is 21.2. The third kappa shape index (κ3) is 4.01. The van der Waals surface area contributed by atoms with Crippen LogP contribution in [-0.4, -0.2) is 44.1 Å². The van der Waals surface area contributed by atoms with Crippen LogP contribution >= 0.6 is 0 Å². The van der Waals surface area contributed by atoms with E-state index >= 15 is 0 Å². The van der Waals surface area contributed by atoms with Crippen LogP contribution in [0.4, 0.5) is 5.69 Å². The van der Waals surface area contributed by atoms with Crippen molar-refractivity contribution in [2.75, 3.05) is 32.2 Å². The van der Waals surface area contributed by atoms with Gasteiger partial charge in [0, 0.05) is 19.8 Å². The van der Waals surface area contributed by atoms with Crippen LogP contribution in [0.5, 0.6) is 0 Å². The Hall–Kier alpha value is -3.67. The summed E-state index contributed by atoms with van der Waals surface area (Å²) in [4.78, 5) is 16.4. The van der Waals surface area contributed by atoms with Gasteiger partial charge in [0.2, 0.25) is 11.8 Å². The van der Waals surface area contributed by atoms with Crippen molar-refractivity contribution in [2.45, 2.75) is 12.1 Å². The van der Waals surface area contributed by atoms with E-state index in [1.165, 1.54) is 0 Å². The summed E-state index contributed by atoms with van der Waals surface area (Å²) < 4.78 is 11.9. The fourth-order valence-electron chi connectivity index (χ4n) is 3.71. The van der Waals surface area contributed by atoms with Gasteiger partial charge >= 0.3 is 0 Å². The topological polar surface area (TPSA) is 59.3 Å². The molecule has 2 aliphatic heterocycles. The Morgan fingerprint density at radius 1 is 0.710 bits per heavy atom. The van der Waals surface area contributed by atoms with Crippen LogP contribution in [0.2, 0.25) is 0 Å². The number of hydrogen-bond donors (Lipinski definition) is 0. The molecule has 0 saturated heterocycles. The van der Waals surface area contributed by atoms with Crippen molar-refractivity contribution in [2.24, 2.45) is 9.98 Å². The Morgan fingerprint density at radius 2 is 1.16 bits per heavy atom. The van der Waals surface area contributed by atoms with Gasteiger partial charge in [-0.25, -0.2) is 15.0 Å². The molecule has 0 N–H and O–H groups in total. The summed E-state index contributed by atoms with van der Waals surface area (Å²) in [5.74, 6) is 1.11. The molecule has 3 heterocycles. The standard InChI is InChI=1S/C25H24N4O2/c1-29(2)19-13-20(24-27-22(15-30-24)17-9-5-3-6-10-17)26-21(14-19)25-28-23(16-31-25)18-11-7-4-8-12-18/h3-14,22-23H,15-16H2,1-2H3/t22-,23-/m1/s1. The third-order valence-electron chi connectivity index (χ3n) is 5.44. The first kappa shape index (κ1) is 19.3. The lowest BCUT2D eigenvalue weighted by Gasteiger charge is -2.15. The normalized spacial score (nSPS) is 19.9. The molecular formula is C25H24N4O2. The molecule has 0 saturated carbocycles. The number of rotatable bonds is 5. The van der Waals surface area contributed by atoms with E-state index in [9.17, 15) is 0 Å². The Labute approximate surface area is 181 Å². The monoisotopic (exact) mass is 412 g/mol. The molecule has 3 aromatic rings.